The summed E-state index contributed by atoms with van der Waals surface area (Å²) in [5.74, 6) is -17.1. The van der Waals surface area contributed by atoms with Gasteiger partial charge in [-0.2, -0.15) is 26.3 Å². The molecule has 10 heteroatoms. The molecule has 5 rings (SSSR count). The van der Waals surface area contributed by atoms with Crippen LogP contribution in [0.2, 0.25) is 0 Å². The van der Waals surface area contributed by atoms with Crippen molar-refractivity contribution in [2.45, 2.75) is 31.6 Å². The highest BCUT2D eigenvalue weighted by molar-refractivity contribution is 7.16. The van der Waals surface area contributed by atoms with Gasteiger partial charge in [0.15, 0.2) is 0 Å². The molecule has 37 heavy (non-hydrogen) atoms. The van der Waals surface area contributed by atoms with Crippen molar-refractivity contribution in [1.82, 2.24) is 0 Å². The van der Waals surface area contributed by atoms with Gasteiger partial charge in [0.2, 0.25) is 0 Å². The van der Waals surface area contributed by atoms with Gasteiger partial charge >= 0.3 is 17.8 Å². The third-order valence-corrected chi connectivity index (χ3v) is 8.50. The number of halogens is 8. The van der Waals surface area contributed by atoms with Crippen molar-refractivity contribution < 1.29 is 35.1 Å². The summed E-state index contributed by atoms with van der Waals surface area (Å²) in [5, 5.41) is 0. The first kappa shape index (κ1) is 25.7. The van der Waals surface area contributed by atoms with E-state index in [1.807, 2.05) is 0 Å². The van der Waals surface area contributed by atoms with Crippen LogP contribution in [-0.4, -0.2) is 17.8 Å². The van der Waals surface area contributed by atoms with E-state index in [1.165, 1.54) is 38.1 Å². The fourth-order valence-electron chi connectivity index (χ4n) is 4.41. The number of aryl methyl sites for hydroxylation is 2. The van der Waals surface area contributed by atoms with Crippen LogP contribution >= 0.6 is 22.7 Å². The van der Waals surface area contributed by atoms with Gasteiger partial charge in [0, 0.05) is 30.7 Å². The number of allylic oxidation sites excluding steroid dienone is 2. The quantitative estimate of drug-likeness (QED) is 0.220. The topological polar surface area (TPSA) is 0 Å². The summed E-state index contributed by atoms with van der Waals surface area (Å²) in [6.45, 7) is 2.76. The smallest absolute Gasteiger partial charge is 0.207 e. The van der Waals surface area contributed by atoms with Crippen LogP contribution in [0.25, 0.3) is 32.0 Å². The first-order chi connectivity index (χ1) is 17.3. The number of rotatable bonds is 4. The molecule has 0 saturated carbocycles. The van der Waals surface area contributed by atoms with Gasteiger partial charge < -0.3 is 0 Å². The van der Waals surface area contributed by atoms with E-state index < -0.39 is 51.7 Å². The van der Waals surface area contributed by atoms with Gasteiger partial charge in [-0.15, -0.1) is 22.7 Å². The van der Waals surface area contributed by atoms with E-state index in [0.29, 0.717) is 20.9 Å². The minimum atomic E-state index is -5.68. The highest BCUT2D eigenvalue weighted by atomic mass is 32.1. The predicted molar refractivity (Wildman–Crippen MR) is 131 cm³/mol. The molecule has 0 bridgehead atoms. The number of benzene rings is 2. The predicted octanol–water partition coefficient (Wildman–Crippen LogP) is 9.87. The molecule has 2 heterocycles. The van der Waals surface area contributed by atoms with Gasteiger partial charge in [-0.3, -0.25) is 0 Å². The zero-order valence-electron chi connectivity index (χ0n) is 19.1. The lowest BCUT2D eigenvalue weighted by molar-refractivity contribution is -0.254. The molecular weight excluding hydrogens is 540 g/mol. The average Bonchev–Trinajstić information content (AvgIpc) is 3.42. The Hall–Kier alpha value is -2.98. The molecule has 0 radical (unpaired) electrons. The van der Waals surface area contributed by atoms with Crippen LogP contribution in [0.5, 0.6) is 0 Å². The van der Waals surface area contributed by atoms with Gasteiger partial charge in [-0.1, -0.05) is 24.3 Å². The SMILES string of the molecule is Cc1sc(-c2ccc(F)cc2)cc1C1=C(c2cc(-c3ccc(F)cc3)sc2C)C(F)(F)C(F)(F)C1(F)F. The minimum Gasteiger partial charge on any atom is -0.207 e. The first-order valence-electron chi connectivity index (χ1n) is 10.9. The molecule has 0 spiro atoms. The Bertz CT molecular complexity index is 1410. The Morgan fingerprint density at radius 2 is 0.865 bits per heavy atom. The van der Waals surface area contributed by atoms with Gasteiger partial charge in [0.1, 0.15) is 11.6 Å². The Labute approximate surface area is 214 Å². The fourth-order valence-corrected chi connectivity index (χ4v) is 6.47. The molecule has 0 atom stereocenters. The van der Waals surface area contributed by atoms with Gasteiger partial charge in [-0.25, -0.2) is 8.78 Å². The Morgan fingerprint density at radius 3 is 1.19 bits per heavy atom. The molecule has 2 aromatic heterocycles. The molecule has 1 aliphatic rings. The normalized spacial score (nSPS) is 18.0. The maximum absolute atomic E-state index is 15.3. The second kappa shape index (κ2) is 8.52. The molecule has 0 unspecified atom stereocenters. The fraction of sp³-hybridized carbons (Fsp3) is 0.185. The molecule has 192 valence electrons. The van der Waals surface area contributed by atoms with E-state index >= 15 is 17.6 Å². The summed E-state index contributed by atoms with van der Waals surface area (Å²) in [7, 11) is 0. The van der Waals surface area contributed by atoms with Crippen LogP contribution in [0, 0.1) is 25.5 Å². The summed E-state index contributed by atoms with van der Waals surface area (Å²) in [6, 6.07) is 12.4. The van der Waals surface area contributed by atoms with E-state index in [1.54, 1.807) is 0 Å². The van der Waals surface area contributed by atoms with Crippen LogP contribution < -0.4 is 0 Å². The number of thiophene rings is 2. The first-order valence-corrected chi connectivity index (χ1v) is 12.5. The maximum atomic E-state index is 15.3. The molecule has 2 aromatic carbocycles. The summed E-state index contributed by atoms with van der Waals surface area (Å²) < 4.78 is 117. The van der Waals surface area contributed by atoms with Gasteiger partial charge in [0.05, 0.1) is 0 Å². The van der Waals surface area contributed by atoms with Gasteiger partial charge in [-0.05, 0) is 72.5 Å². The van der Waals surface area contributed by atoms with E-state index in [0.717, 1.165) is 59.1 Å². The monoisotopic (exact) mass is 556 g/mol. The Kier molecular flexibility index (Phi) is 5.91. The lowest BCUT2D eigenvalue weighted by atomic mass is 9.94. The standard InChI is InChI=1S/C27H16F8S2/c1-13-19(11-21(36-13)15-3-7-17(28)8-4-15)23-24(26(32,33)27(34,35)25(23,30)31)20-12-22(37-14(20)2)16-5-9-18(29)10-6-16/h3-12H,1-2H3. The van der Waals surface area contributed by atoms with Crippen LogP contribution in [0.1, 0.15) is 20.9 Å². The molecule has 0 nitrogen and oxygen atoms in total. The molecule has 0 amide bonds. The number of hydrogen-bond donors (Lipinski definition) is 0. The Balaban J connectivity index is 1.76. The van der Waals surface area contributed by atoms with Crippen molar-refractivity contribution in [2.24, 2.45) is 0 Å². The van der Waals surface area contributed by atoms with Crippen molar-refractivity contribution in [3.8, 4) is 20.9 Å². The van der Waals surface area contributed by atoms with Crippen LogP contribution in [-0.2, 0) is 0 Å². The summed E-state index contributed by atoms with van der Waals surface area (Å²) >= 11 is 1.91. The van der Waals surface area contributed by atoms with E-state index in [-0.39, 0.29) is 9.75 Å². The zero-order valence-corrected chi connectivity index (χ0v) is 20.7. The molecule has 0 fully saturated rings. The maximum Gasteiger partial charge on any atom is 0.380 e. The zero-order chi connectivity index (χ0) is 26.9. The van der Waals surface area contributed by atoms with Crippen molar-refractivity contribution >= 4 is 33.8 Å². The van der Waals surface area contributed by atoms with E-state index in [2.05, 4.69) is 0 Å². The second-order valence-corrected chi connectivity index (χ2v) is 11.2. The van der Waals surface area contributed by atoms with Crippen LogP contribution in [0.4, 0.5) is 35.1 Å². The van der Waals surface area contributed by atoms with Crippen molar-refractivity contribution in [2.75, 3.05) is 0 Å². The molecule has 4 aromatic rings. The third-order valence-electron chi connectivity index (χ3n) is 6.30. The molecule has 0 N–H and O–H groups in total. The Morgan fingerprint density at radius 1 is 0.541 bits per heavy atom. The van der Waals surface area contributed by atoms with E-state index in [4.69, 9.17) is 0 Å². The molecule has 0 aliphatic heterocycles. The second-order valence-electron chi connectivity index (χ2n) is 8.65. The lowest BCUT2D eigenvalue weighted by Crippen LogP contribution is -2.48. The van der Waals surface area contributed by atoms with Crippen LogP contribution in [0.3, 0.4) is 0 Å². The molecule has 1 aliphatic carbocycles. The molecule has 0 saturated heterocycles. The summed E-state index contributed by atoms with van der Waals surface area (Å²) in [5.41, 5.74) is -2.86. The number of hydrogen-bond acceptors (Lipinski definition) is 2. The summed E-state index contributed by atoms with van der Waals surface area (Å²) in [4.78, 5) is 0.934. The summed E-state index contributed by atoms with van der Waals surface area (Å²) in [6.07, 6.45) is 0. The molecular formula is C27H16F8S2. The largest absolute Gasteiger partial charge is 0.380 e. The number of alkyl halides is 6. The third kappa shape index (κ3) is 3.84. The van der Waals surface area contributed by atoms with Crippen LogP contribution in [0.15, 0.2) is 60.7 Å². The van der Waals surface area contributed by atoms with Crippen molar-refractivity contribution in [3.05, 3.63) is 93.2 Å². The highest BCUT2D eigenvalue weighted by Gasteiger charge is 2.80. The average molecular weight is 557 g/mol. The van der Waals surface area contributed by atoms with Crippen molar-refractivity contribution in [3.63, 3.8) is 0 Å². The lowest BCUT2D eigenvalue weighted by Gasteiger charge is -2.25. The van der Waals surface area contributed by atoms with Crippen molar-refractivity contribution in [1.29, 1.82) is 0 Å². The highest BCUT2D eigenvalue weighted by Crippen LogP contribution is 2.66. The van der Waals surface area contributed by atoms with E-state index in [9.17, 15) is 17.6 Å². The minimum absolute atomic E-state index is 0.131. The van der Waals surface area contributed by atoms with Gasteiger partial charge in [0.25, 0.3) is 0 Å².